The third-order valence-corrected chi connectivity index (χ3v) is 6.85. The fraction of sp³-hybridized carbons (Fsp3) is 0.455. The SMILES string of the molecule is CNC(=O)OCc1cc(NC(=O)C(CCCNC(N)=O)NC(=O)C(NC(=O)OC(C)(C)C)C(C)C)ccc1COC(=O)Oc1ccc([N+](=O)[O-])cc1. The number of anilines is 1. The van der Waals surface area contributed by atoms with Crippen LogP contribution in [0, 0.1) is 16.0 Å². The largest absolute Gasteiger partial charge is 0.514 e. The van der Waals surface area contributed by atoms with Crippen molar-refractivity contribution in [2.45, 2.75) is 78.4 Å². The average molecular weight is 732 g/mol. The molecule has 0 aliphatic heterocycles. The number of alkyl carbamates (subject to hydrolysis) is 2. The van der Waals surface area contributed by atoms with Gasteiger partial charge in [0.2, 0.25) is 11.8 Å². The Bertz CT molecular complexity index is 1590. The first kappa shape index (κ1) is 42.0. The van der Waals surface area contributed by atoms with Crippen LogP contribution < -0.4 is 37.1 Å². The van der Waals surface area contributed by atoms with E-state index in [4.69, 9.17) is 24.7 Å². The van der Waals surface area contributed by atoms with Gasteiger partial charge in [0.25, 0.3) is 5.69 Å². The molecule has 0 saturated heterocycles. The van der Waals surface area contributed by atoms with Crippen LogP contribution in [0.3, 0.4) is 0 Å². The third-order valence-electron chi connectivity index (χ3n) is 6.85. The van der Waals surface area contributed by atoms with Crippen LogP contribution in [0.15, 0.2) is 42.5 Å². The van der Waals surface area contributed by atoms with Crippen molar-refractivity contribution >= 4 is 47.6 Å². The number of nitro benzene ring substituents is 1. The lowest BCUT2D eigenvalue weighted by molar-refractivity contribution is -0.384. The zero-order valence-corrected chi connectivity index (χ0v) is 29.7. The molecule has 6 amide bonds. The summed E-state index contributed by atoms with van der Waals surface area (Å²) in [5.41, 5.74) is 5.05. The number of ether oxygens (including phenoxy) is 4. The predicted molar refractivity (Wildman–Crippen MR) is 185 cm³/mol. The molecule has 7 N–H and O–H groups in total. The van der Waals surface area contributed by atoms with Gasteiger partial charge in [-0.1, -0.05) is 19.9 Å². The van der Waals surface area contributed by atoms with Crippen LogP contribution in [0.25, 0.3) is 0 Å². The van der Waals surface area contributed by atoms with E-state index in [2.05, 4.69) is 26.6 Å². The monoisotopic (exact) mass is 731 g/mol. The van der Waals surface area contributed by atoms with E-state index >= 15 is 0 Å². The van der Waals surface area contributed by atoms with Gasteiger partial charge in [0.05, 0.1) is 4.92 Å². The Hall–Kier alpha value is -6.14. The molecule has 2 rings (SSSR count). The summed E-state index contributed by atoms with van der Waals surface area (Å²) in [7, 11) is 1.36. The van der Waals surface area contributed by atoms with Gasteiger partial charge in [-0.15, -0.1) is 0 Å². The summed E-state index contributed by atoms with van der Waals surface area (Å²) in [4.78, 5) is 85.0. The van der Waals surface area contributed by atoms with E-state index in [0.717, 1.165) is 12.1 Å². The minimum Gasteiger partial charge on any atom is -0.445 e. The highest BCUT2D eigenvalue weighted by atomic mass is 16.7. The van der Waals surface area contributed by atoms with Gasteiger partial charge in [-0.05, 0) is 74.9 Å². The molecule has 19 heteroatoms. The minimum absolute atomic E-state index is 0.00391. The Morgan fingerprint density at radius 1 is 0.885 bits per heavy atom. The molecule has 0 aromatic heterocycles. The summed E-state index contributed by atoms with van der Waals surface area (Å²) >= 11 is 0. The molecular formula is C33H45N7O12. The molecule has 0 aliphatic rings. The van der Waals surface area contributed by atoms with Crippen molar-refractivity contribution in [3.63, 3.8) is 0 Å². The van der Waals surface area contributed by atoms with E-state index < -0.39 is 64.7 Å². The van der Waals surface area contributed by atoms with Gasteiger partial charge in [-0.2, -0.15) is 0 Å². The molecule has 0 aliphatic carbocycles. The van der Waals surface area contributed by atoms with Crippen molar-refractivity contribution in [3.8, 4) is 5.75 Å². The number of carbonyl (C=O) groups excluding carboxylic acids is 6. The standard InChI is InChI=1S/C33H45N7O12/c1-19(2)26(39-31(45)52-33(3,4)5)28(42)38-25(8-7-15-36-29(34)43)27(41)37-22-10-9-20(21(16-22)18-49-30(44)35-6)17-50-32(46)51-24-13-11-23(12-14-24)40(47)48/h9-14,16,19,25-26H,7-8,15,17-18H2,1-6H3,(H,35,44)(H,37,41)(H,38,42)(H,39,45)(H3,34,36,43). The van der Waals surface area contributed by atoms with Crippen molar-refractivity contribution in [2.24, 2.45) is 11.7 Å². The second-order valence-corrected chi connectivity index (χ2v) is 12.6. The number of hydrogen-bond donors (Lipinski definition) is 6. The van der Waals surface area contributed by atoms with Crippen molar-refractivity contribution in [3.05, 3.63) is 63.7 Å². The maximum atomic E-state index is 13.6. The van der Waals surface area contributed by atoms with Crippen LogP contribution in [-0.2, 0) is 37.0 Å². The average Bonchev–Trinajstić information content (AvgIpc) is 3.05. The number of hydrogen-bond acceptors (Lipinski definition) is 12. The summed E-state index contributed by atoms with van der Waals surface area (Å²) in [6, 6.07) is 6.24. The van der Waals surface area contributed by atoms with E-state index in [1.807, 2.05) is 0 Å². The quantitative estimate of drug-likeness (QED) is 0.0361. The van der Waals surface area contributed by atoms with E-state index in [-0.39, 0.29) is 49.7 Å². The van der Waals surface area contributed by atoms with Crippen molar-refractivity contribution in [1.29, 1.82) is 0 Å². The lowest BCUT2D eigenvalue weighted by Gasteiger charge is -2.27. The van der Waals surface area contributed by atoms with Crippen molar-refractivity contribution < 1.29 is 52.6 Å². The van der Waals surface area contributed by atoms with E-state index in [1.165, 1.54) is 37.4 Å². The summed E-state index contributed by atoms with van der Waals surface area (Å²) in [5, 5.41) is 23.5. The third kappa shape index (κ3) is 15.2. The Morgan fingerprint density at radius 2 is 1.54 bits per heavy atom. The summed E-state index contributed by atoms with van der Waals surface area (Å²) in [6.07, 6.45) is -2.39. The van der Waals surface area contributed by atoms with Crippen LogP contribution in [0.4, 0.5) is 30.6 Å². The van der Waals surface area contributed by atoms with Gasteiger partial charge in [0.15, 0.2) is 0 Å². The molecule has 0 spiro atoms. The molecule has 0 fully saturated rings. The molecule has 0 bridgehead atoms. The Balaban J connectivity index is 2.24. The van der Waals surface area contributed by atoms with Gasteiger partial charge in [0, 0.05) is 31.4 Å². The van der Waals surface area contributed by atoms with Crippen LogP contribution in [0.5, 0.6) is 5.75 Å². The first-order valence-corrected chi connectivity index (χ1v) is 16.1. The molecule has 0 heterocycles. The topological polar surface area (TPSA) is 269 Å². The number of non-ortho nitro benzene ring substituents is 1. The predicted octanol–water partition coefficient (Wildman–Crippen LogP) is 3.59. The van der Waals surface area contributed by atoms with E-state index in [1.54, 1.807) is 34.6 Å². The lowest BCUT2D eigenvalue weighted by atomic mass is 10.0. The van der Waals surface area contributed by atoms with Crippen LogP contribution >= 0.6 is 0 Å². The molecule has 52 heavy (non-hydrogen) atoms. The number of nitrogens with two attached hydrogens (primary N) is 1. The first-order valence-electron chi connectivity index (χ1n) is 16.1. The minimum atomic E-state index is -1.15. The van der Waals surface area contributed by atoms with Gasteiger partial charge < -0.3 is 51.3 Å². The second kappa shape index (κ2) is 19.9. The molecule has 2 unspecified atom stereocenters. The Labute approximate surface area is 299 Å². The molecular weight excluding hydrogens is 686 g/mol. The maximum absolute atomic E-state index is 13.6. The fourth-order valence-electron chi connectivity index (χ4n) is 4.34. The Morgan fingerprint density at radius 3 is 2.12 bits per heavy atom. The smallest absolute Gasteiger partial charge is 0.445 e. The zero-order valence-electron chi connectivity index (χ0n) is 29.7. The van der Waals surface area contributed by atoms with Gasteiger partial charge in [-0.25, -0.2) is 19.2 Å². The van der Waals surface area contributed by atoms with Crippen LogP contribution in [0.2, 0.25) is 0 Å². The number of carbonyl (C=O) groups is 6. The first-order chi connectivity index (χ1) is 24.4. The summed E-state index contributed by atoms with van der Waals surface area (Å²) in [5.74, 6) is -1.70. The number of rotatable bonds is 16. The number of primary amides is 1. The van der Waals surface area contributed by atoms with Crippen LogP contribution in [-0.4, -0.2) is 72.4 Å². The van der Waals surface area contributed by atoms with Gasteiger partial charge >= 0.3 is 24.4 Å². The maximum Gasteiger partial charge on any atom is 0.514 e. The van der Waals surface area contributed by atoms with Gasteiger partial charge in [-0.3, -0.25) is 19.7 Å². The number of nitrogens with zero attached hydrogens (tertiary/aromatic N) is 1. The number of amides is 6. The number of urea groups is 1. The molecule has 19 nitrogen and oxygen atoms in total. The van der Waals surface area contributed by atoms with Gasteiger partial charge in [0.1, 0.15) is 36.6 Å². The Kier molecular flexibility index (Phi) is 16.1. The second-order valence-electron chi connectivity index (χ2n) is 12.6. The normalized spacial score (nSPS) is 12.0. The molecule has 0 radical (unpaired) electrons. The number of nitro groups is 1. The van der Waals surface area contributed by atoms with Crippen molar-refractivity contribution in [1.82, 2.24) is 21.3 Å². The highest BCUT2D eigenvalue weighted by Gasteiger charge is 2.30. The molecule has 2 atom stereocenters. The van der Waals surface area contributed by atoms with Crippen LogP contribution in [0.1, 0.15) is 58.6 Å². The molecule has 0 saturated carbocycles. The van der Waals surface area contributed by atoms with Crippen molar-refractivity contribution in [2.75, 3.05) is 18.9 Å². The number of nitrogens with one attached hydrogen (secondary N) is 5. The highest BCUT2D eigenvalue weighted by Crippen LogP contribution is 2.21. The van der Waals surface area contributed by atoms with E-state index in [0.29, 0.717) is 11.1 Å². The summed E-state index contributed by atoms with van der Waals surface area (Å²) < 4.78 is 20.7. The summed E-state index contributed by atoms with van der Waals surface area (Å²) in [6.45, 7) is 7.89. The zero-order chi connectivity index (χ0) is 39.0. The number of benzene rings is 2. The molecule has 2 aromatic rings. The lowest BCUT2D eigenvalue weighted by Crippen LogP contribution is -2.55. The van der Waals surface area contributed by atoms with E-state index in [9.17, 15) is 38.9 Å². The fourth-order valence-corrected chi connectivity index (χ4v) is 4.34. The molecule has 2 aromatic carbocycles. The highest BCUT2D eigenvalue weighted by molar-refractivity contribution is 5.98. The molecule has 284 valence electrons.